The standard InChI is InChI=1S/C15H24N2O4/c1-11-10-16(14(18)12-4-2-8-20-12)6-7-17(11)15(19)13-5-3-9-21-13/h11-13H,2-10H2,1H3/t11-,12+,13-/m1/s1. The van der Waals surface area contributed by atoms with E-state index in [1.165, 1.54) is 0 Å². The minimum absolute atomic E-state index is 0.0424. The number of rotatable bonds is 2. The zero-order chi connectivity index (χ0) is 14.8. The third-order valence-electron chi connectivity index (χ3n) is 4.63. The predicted octanol–water partition coefficient (Wildman–Crippen LogP) is 0.404. The van der Waals surface area contributed by atoms with Gasteiger partial charge in [-0.2, -0.15) is 0 Å². The van der Waals surface area contributed by atoms with Crippen LogP contribution in [0.1, 0.15) is 32.6 Å². The van der Waals surface area contributed by atoms with Gasteiger partial charge < -0.3 is 19.3 Å². The maximum atomic E-state index is 12.4. The molecule has 2 amide bonds. The van der Waals surface area contributed by atoms with Crippen LogP contribution in [0.4, 0.5) is 0 Å². The van der Waals surface area contributed by atoms with Crippen LogP contribution < -0.4 is 0 Å². The lowest BCUT2D eigenvalue weighted by Crippen LogP contribution is -2.58. The first-order chi connectivity index (χ1) is 10.2. The second-order valence-electron chi connectivity index (χ2n) is 6.17. The van der Waals surface area contributed by atoms with Crippen molar-refractivity contribution in [3.63, 3.8) is 0 Å². The first kappa shape index (κ1) is 14.8. The molecule has 3 atom stereocenters. The number of carbonyl (C=O) groups excluding carboxylic acids is 2. The van der Waals surface area contributed by atoms with Crippen molar-refractivity contribution in [2.45, 2.75) is 50.9 Å². The van der Waals surface area contributed by atoms with Gasteiger partial charge in [-0.3, -0.25) is 9.59 Å². The van der Waals surface area contributed by atoms with Gasteiger partial charge in [0.05, 0.1) is 0 Å². The van der Waals surface area contributed by atoms with Crippen molar-refractivity contribution in [1.29, 1.82) is 0 Å². The molecule has 0 aromatic rings. The lowest BCUT2D eigenvalue weighted by atomic mass is 10.1. The minimum Gasteiger partial charge on any atom is -0.368 e. The average molecular weight is 296 g/mol. The maximum Gasteiger partial charge on any atom is 0.252 e. The molecular formula is C15H24N2O4. The van der Waals surface area contributed by atoms with E-state index < -0.39 is 0 Å². The molecule has 21 heavy (non-hydrogen) atoms. The summed E-state index contributed by atoms with van der Waals surface area (Å²) in [6.07, 6.45) is 3.03. The molecule has 0 bridgehead atoms. The number of nitrogens with zero attached hydrogens (tertiary/aromatic N) is 2. The van der Waals surface area contributed by atoms with E-state index in [1.807, 2.05) is 16.7 Å². The maximum absolute atomic E-state index is 12.4. The summed E-state index contributed by atoms with van der Waals surface area (Å²) in [5.41, 5.74) is 0. The second kappa shape index (κ2) is 6.32. The molecule has 118 valence electrons. The summed E-state index contributed by atoms with van der Waals surface area (Å²) >= 11 is 0. The van der Waals surface area contributed by atoms with Gasteiger partial charge in [0.1, 0.15) is 12.2 Å². The molecule has 0 aromatic carbocycles. The second-order valence-corrected chi connectivity index (χ2v) is 6.17. The minimum atomic E-state index is -0.270. The zero-order valence-corrected chi connectivity index (χ0v) is 12.6. The topological polar surface area (TPSA) is 59.1 Å². The van der Waals surface area contributed by atoms with Crippen molar-refractivity contribution in [1.82, 2.24) is 9.80 Å². The van der Waals surface area contributed by atoms with E-state index in [0.717, 1.165) is 25.7 Å². The summed E-state index contributed by atoms with van der Waals surface area (Å²) < 4.78 is 10.9. The van der Waals surface area contributed by atoms with Crippen LogP contribution >= 0.6 is 0 Å². The Bertz CT molecular complexity index is 402. The first-order valence-electron chi connectivity index (χ1n) is 7.99. The molecular weight excluding hydrogens is 272 g/mol. The van der Waals surface area contributed by atoms with Crippen LogP contribution in [0.15, 0.2) is 0 Å². The Hall–Kier alpha value is -1.14. The van der Waals surface area contributed by atoms with Crippen LogP contribution in [0, 0.1) is 0 Å². The summed E-state index contributed by atoms with van der Waals surface area (Å²) in [4.78, 5) is 28.5. The Morgan fingerprint density at radius 2 is 1.57 bits per heavy atom. The molecule has 0 saturated carbocycles. The third kappa shape index (κ3) is 3.06. The molecule has 0 aromatic heterocycles. The number of hydrogen-bond donors (Lipinski definition) is 0. The van der Waals surface area contributed by atoms with Crippen molar-refractivity contribution in [3.8, 4) is 0 Å². The number of carbonyl (C=O) groups is 2. The summed E-state index contributed by atoms with van der Waals surface area (Å²) in [6.45, 7) is 5.16. The van der Waals surface area contributed by atoms with Crippen LogP contribution in [0.2, 0.25) is 0 Å². The number of piperazine rings is 1. The van der Waals surface area contributed by atoms with E-state index in [-0.39, 0.29) is 30.1 Å². The van der Waals surface area contributed by atoms with E-state index in [2.05, 4.69) is 0 Å². The van der Waals surface area contributed by atoms with Gasteiger partial charge in [0, 0.05) is 38.9 Å². The van der Waals surface area contributed by atoms with Crippen LogP contribution in [0.3, 0.4) is 0 Å². The number of amides is 2. The van der Waals surface area contributed by atoms with Crippen LogP contribution in [0.5, 0.6) is 0 Å². The van der Waals surface area contributed by atoms with E-state index >= 15 is 0 Å². The fraction of sp³-hybridized carbons (Fsp3) is 0.867. The largest absolute Gasteiger partial charge is 0.368 e. The molecule has 3 fully saturated rings. The van der Waals surface area contributed by atoms with E-state index in [1.54, 1.807) is 0 Å². The molecule has 3 rings (SSSR count). The molecule has 6 heteroatoms. The Kier molecular flexibility index (Phi) is 4.45. The Labute approximate surface area is 125 Å². The van der Waals surface area contributed by atoms with E-state index in [9.17, 15) is 9.59 Å². The van der Waals surface area contributed by atoms with E-state index in [4.69, 9.17) is 9.47 Å². The highest BCUT2D eigenvalue weighted by atomic mass is 16.5. The van der Waals surface area contributed by atoms with Gasteiger partial charge in [-0.05, 0) is 32.6 Å². The van der Waals surface area contributed by atoms with Crippen molar-refractivity contribution >= 4 is 11.8 Å². The molecule has 0 radical (unpaired) electrons. The Balaban J connectivity index is 1.56. The van der Waals surface area contributed by atoms with Gasteiger partial charge in [0.2, 0.25) is 0 Å². The summed E-state index contributed by atoms with van der Waals surface area (Å²) in [7, 11) is 0. The van der Waals surface area contributed by atoms with Gasteiger partial charge >= 0.3 is 0 Å². The highest BCUT2D eigenvalue weighted by Crippen LogP contribution is 2.21. The Morgan fingerprint density at radius 3 is 2.10 bits per heavy atom. The molecule has 0 unspecified atom stereocenters. The van der Waals surface area contributed by atoms with Gasteiger partial charge in [-0.25, -0.2) is 0 Å². The summed E-state index contributed by atoms with van der Waals surface area (Å²) in [6, 6.07) is 0.0424. The molecule has 0 aliphatic carbocycles. The molecule has 0 spiro atoms. The van der Waals surface area contributed by atoms with Crippen LogP contribution in [-0.4, -0.2) is 72.7 Å². The van der Waals surface area contributed by atoms with Crippen LogP contribution in [0.25, 0.3) is 0 Å². The van der Waals surface area contributed by atoms with Gasteiger partial charge in [0.25, 0.3) is 11.8 Å². The Morgan fingerprint density at radius 1 is 0.952 bits per heavy atom. The summed E-state index contributed by atoms with van der Waals surface area (Å²) in [5.74, 6) is 0.174. The molecule has 3 heterocycles. The van der Waals surface area contributed by atoms with Gasteiger partial charge in [-0.1, -0.05) is 0 Å². The third-order valence-corrected chi connectivity index (χ3v) is 4.63. The molecule has 3 aliphatic heterocycles. The van der Waals surface area contributed by atoms with Crippen molar-refractivity contribution in [3.05, 3.63) is 0 Å². The first-order valence-corrected chi connectivity index (χ1v) is 7.99. The predicted molar refractivity (Wildman–Crippen MR) is 75.7 cm³/mol. The molecule has 6 nitrogen and oxygen atoms in total. The van der Waals surface area contributed by atoms with Gasteiger partial charge in [0.15, 0.2) is 0 Å². The fourth-order valence-corrected chi connectivity index (χ4v) is 3.42. The zero-order valence-electron chi connectivity index (χ0n) is 12.6. The quantitative estimate of drug-likeness (QED) is 0.740. The lowest BCUT2D eigenvalue weighted by Gasteiger charge is -2.41. The average Bonchev–Trinajstić information content (AvgIpc) is 3.18. The van der Waals surface area contributed by atoms with Crippen molar-refractivity contribution in [2.75, 3.05) is 32.8 Å². The molecule has 3 aliphatic rings. The van der Waals surface area contributed by atoms with Crippen LogP contribution in [-0.2, 0) is 19.1 Å². The monoisotopic (exact) mass is 296 g/mol. The lowest BCUT2D eigenvalue weighted by molar-refractivity contribution is -0.152. The van der Waals surface area contributed by atoms with Crippen molar-refractivity contribution < 1.29 is 19.1 Å². The summed E-state index contributed by atoms with van der Waals surface area (Å²) in [5, 5.41) is 0. The van der Waals surface area contributed by atoms with E-state index in [0.29, 0.717) is 32.8 Å². The SMILES string of the molecule is C[C@@H]1CN(C(=O)[C@@H]2CCCO2)CCN1C(=O)[C@H]1CCCO1. The van der Waals surface area contributed by atoms with Crippen molar-refractivity contribution in [2.24, 2.45) is 0 Å². The smallest absolute Gasteiger partial charge is 0.252 e. The normalized spacial score (nSPS) is 33.5. The highest BCUT2D eigenvalue weighted by Gasteiger charge is 2.37. The fourth-order valence-electron chi connectivity index (χ4n) is 3.42. The molecule has 0 N–H and O–H groups in total. The number of ether oxygens (including phenoxy) is 2. The number of hydrogen-bond acceptors (Lipinski definition) is 4. The molecule has 3 saturated heterocycles. The van der Waals surface area contributed by atoms with Gasteiger partial charge in [-0.15, -0.1) is 0 Å². The highest BCUT2D eigenvalue weighted by molar-refractivity contribution is 5.83.